The van der Waals surface area contributed by atoms with Crippen LogP contribution >= 0.6 is 0 Å². The summed E-state index contributed by atoms with van der Waals surface area (Å²) in [5.74, 6) is 1.72. The number of nitrogens with one attached hydrogen (secondary N) is 1. The topological polar surface area (TPSA) is 67.6 Å². The first kappa shape index (κ1) is 22.5. The number of piperidine rings is 1. The van der Waals surface area contributed by atoms with Crippen molar-refractivity contribution < 1.29 is 13.9 Å². The number of likely N-dealkylation sites (tertiary alicyclic amines) is 1. The van der Waals surface area contributed by atoms with Crippen molar-refractivity contribution in [1.29, 1.82) is 0 Å². The van der Waals surface area contributed by atoms with Gasteiger partial charge in [-0.05, 0) is 63.8 Å². The molecule has 1 aliphatic heterocycles. The smallest absolute Gasteiger partial charge is 0.226 e. The van der Waals surface area contributed by atoms with E-state index in [9.17, 15) is 4.79 Å². The third-order valence-electron chi connectivity index (χ3n) is 5.72. The molecule has 1 N–H and O–H groups in total. The molecule has 1 atom stereocenters. The second-order valence-corrected chi connectivity index (χ2v) is 7.99. The molecule has 2 aromatic rings. The zero-order valence-corrected chi connectivity index (χ0v) is 18.6. The van der Waals surface area contributed by atoms with Crippen LogP contribution in [0.5, 0.6) is 0 Å². The van der Waals surface area contributed by atoms with Crippen LogP contribution in [0.1, 0.15) is 50.1 Å². The molecule has 1 aromatic heterocycles. The molecule has 1 aromatic carbocycles. The number of amides is 1. The van der Waals surface area contributed by atoms with Crippen molar-refractivity contribution in [2.24, 2.45) is 5.92 Å². The Morgan fingerprint density at radius 3 is 2.83 bits per heavy atom. The average molecular weight is 414 g/mol. The summed E-state index contributed by atoms with van der Waals surface area (Å²) >= 11 is 0. The van der Waals surface area contributed by atoms with Gasteiger partial charge in [-0.15, -0.1) is 0 Å². The SMILES string of the molecule is CCOCCCNC(=O)C1CCCN(Cc2nc(-c3ccc(CC)cc3)oc2C)C1. The molecule has 1 unspecified atom stereocenters. The molecule has 1 amide bonds. The molecule has 30 heavy (non-hydrogen) atoms. The Hall–Kier alpha value is -2.18. The fourth-order valence-electron chi connectivity index (χ4n) is 3.88. The highest BCUT2D eigenvalue weighted by atomic mass is 16.5. The molecule has 3 rings (SSSR count). The number of aryl methyl sites for hydroxylation is 2. The molecule has 164 valence electrons. The van der Waals surface area contributed by atoms with Gasteiger partial charge in [0, 0.05) is 38.4 Å². The number of hydrogen-bond acceptors (Lipinski definition) is 5. The number of benzene rings is 1. The van der Waals surface area contributed by atoms with E-state index < -0.39 is 0 Å². The highest BCUT2D eigenvalue weighted by Crippen LogP contribution is 2.25. The zero-order valence-electron chi connectivity index (χ0n) is 18.6. The van der Waals surface area contributed by atoms with Crippen molar-refractivity contribution in [3.63, 3.8) is 0 Å². The van der Waals surface area contributed by atoms with Gasteiger partial charge in [-0.25, -0.2) is 4.98 Å². The van der Waals surface area contributed by atoms with E-state index in [1.54, 1.807) is 0 Å². The van der Waals surface area contributed by atoms with Crippen molar-refractivity contribution in [3.8, 4) is 11.5 Å². The summed E-state index contributed by atoms with van der Waals surface area (Å²) in [4.78, 5) is 19.6. The number of rotatable bonds is 10. The van der Waals surface area contributed by atoms with Gasteiger partial charge < -0.3 is 14.5 Å². The maximum atomic E-state index is 12.5. The molecule has 0 radical (unpaired) electrons. The minimum atomic E-state index is 0.0408. The first-order chi connectivity index (χ1) is 14.6. The van der Waals surface area contributed by atoms with Gasteiger partial charge in [0.15, 0.2) is 0 Å². The van der Waals surface area contributed by atoms with Crippen LogP contribution in [0.4, 0.5) is 0 Å². The predicted molar refractivity (Wildman–Crippen MR) is 118 cm³/mol. The average Bonchev–Trinajstić information content (AvgIpc) is 3.14. The fourth-order valence-corrected chi connectivity index (χ4v) is 3.88. The lowest BCUT2D eigenvalue weighted by Gasteiger charge is -2.31. The maximum Gasteiger partial charge on any atom is 0.226 e. The number of aromatic nitrogens is 1. The quantitative estimate of drug-likeness (QED) is 0.597. The third kappa shape index (κ3) is 6.16. The van der Waals surface area contributed by atoms with Crippen molar-refractivity contribution >= 4 is 5.91 Å². The van der Waals surface area contributed by atoms with E-state index in [0.29, 0.717) is 19.0 Å². The van der Waals surface area contributed by atoms with Crippen molar-refractivity contribution in [2.45, 2.75) is 53.0 Å². The summed E-state index contributed by atoms with van der Waals surface area (Å²) in [6.07, 6.45) is 3.85. The molecular weight excluding hydrogens is 378 g/mol. The molecule has 6 heteroatoms. The number of carbonyl (C=O) groups is 1. The largest absolute Gasteiger partial charge is 0.441 e. The second-order valence-electron chi connectivity index (χ2n) is 7.99. The van der Waals surface area contributed by atoms with E-state index in [-0.39, 0.29) is 11.8 Å². The van der Waals surface area contributed by atoms with E-state index in [4.69, 9.17) is 14.1 Å². The summed E-state index contributed by atoms with van der Waals surface area (Å²) in [6.45, 7) is 10.7. The fraction of sp³-hybridized carbons (Fsp3) is 0.583. The molecule has 0 saturated carbocycles. The lowest BCUT2D eigenvalue weighted by Crippen LogP contribution is -2.43. The van der Waals surface area contributed by atoms with Crippen LogP contribution in [0.3, 0.4) is 0 Å². The molecule has 2 heterocycles. The van der Waals surface area contributed by atoms with Crippen molar-refractivity contribution in [2.75, 3.05) is 32.8 Å². The molecule has 6 nitrogen and oxygen atoms in total. The summed E-state index contributed by atoms with van der Waals surface area (Å²) in [5.41, 5.74) is 3.27. The monoisotopic (exact) mass is 413 g/mol. The lowest BCUT2D eigenvalue weighted by molar-refractivity contribution is -0.126. The molecule has 0 spiro atoms. The van der Waals surface area contributed by atoms with Crippen LogP contribution in [0, 0.1) is 12.8 Å². The van der Waals surface area contributed by atoms with Crippen LogP contribution < -0.4 is 5.32 Å². The zero-order chi connectivity index (χ0) is 21.3. The Labute approximate surface area is 180 Å². The number of nitrogens with zero attached hydrogens (tertiary/aromatic N) is 2. The molecule has 1 aliphatic rings. The van der Waals surface area contributed by atoms with Crippen LogP contribution in [-0.4, -0.2) is 48.6 Å². The van der Waals surface area contributed by atoms with Gasteiger partial charge >= 0.3 is 0 Å². The summed E-state index contributed by atoms with van der Waals surface area (Å²) in [6, 6.07) is 8.38. The van der Waals surface area contributed by atoms with Gasteiger partial charge in [-0.1, -0.05) is 19.1 Å². The lowest BCUT2D eigenvalue weighted by atomic mass is 9.97. The third-order valence-corrected chi connectivity index (χ3v) is 5.72. The Balaban J connectivity index is 1.54. The van der Waals surface area contributed by atoms with Crippen LogP contribution in [0.25, 0.3) is 11.5 Å². The number of ether oxygens (including phenoxy) is 1. The van der Waals surface area contributed by atoms with E-state index >= 15 is 0 Å². The highest BCUT2D eigenvalue weighted by Gasteiger charge is 2.26. The minimum Gasteiger partial charge on any atom is -0.441 e. The molecule has 1 fully saturated rings. The van der Waals surface area contributed by atoms with E-state index in [2.05, 4.69) is 41.4 Å². The molecule has 0 aliphatic carbocycles. The Kier molecular flexibility index (Phi) is 8.46. The Morgan fingerprint density at radius 1 is 1.30 bits per heavy atom. The highest BCUT2D eigenvalue weighted by molar-refractivity contribution is 5.78. The Bertz CT molecular complexity index is 801. The van der Waals surface area contributed by atoms with Crippen LogP contribution in [0.15, 0.2) is 28.7 Å². The van der Waals surface area contributed by atoms with Gasteiger partial charge in [-0.2, -0.15) is 0 Å². The molecule has 0 bridgehead atoms. The van der Waals surface area contributed by atoms with Gasteiger partial charge in [-0.3, -0.25) is 9.69 Å². The first-order valence-electron chi connectivity index (χ1n) is 11.2. The number of carbonyl (C=O) groups excluding carboxylic acids is 1. The Morgan fingerprint density at radius 2 is 2.10 bits per heavy atom. The van der Waals surface area contributed by atoms with Crippen LogP contribution in [0.2, 0.25) is 0 Å². The van der Waals surface area contributed by atoms with E-state index in [0.717, 1.165) is 68.9 Å². The van der Waals surface area contributed by atoms with Gasteiger partial charge in [0.1, 0.15) is 5.76 Å². The first-order valence-corrected chi connectivity index (χ1v) is 11.2. The predicted octanol–water partition coefficient (Wildman–Crippen LogP) is 3.97. The molecule has 1 saturated heterocycles. The minimum absolute atomic E-state index is 0.0408. The summed E-state index contributed by atoms with van der Waals surface area (Å²) in [7, 11) is 0. The van der Waals surface area contributed by atoms with Crippen molar-refractivity contribution in [1.82, 2.24) is 15.2 Å². The maximum absolute atomic E-state index is 12.5. The van der Waals surface area contributed by atoms with Gasteiger partial charge in [0.25, 0.3) is 0 Å². The standard InChI is InChI=1S/C24H35N3O3/c1-4-19-9-11-20(12-10-19)24-26-22(18(3)30-24)17-27-14-6-8-21(16-27)23(28)25-13-7-15-29-5-2/h9-12,21H,4-8,13-17H2,1-3H3,(H,25,28). The second kappa shape index (κ2) is 11.3. The number of hydrogen-bond donors (Lipinski definition) is 1. The molecular formula is C24H35N3O3. The number of oxazole rings is 1. The summed E-state index contributed by atoms with van der Waals surface area (Å²) in [5, 5.41) is 3.06. The van der Waals surface area contributed by atoms with Crippen molar-refractivity contribution in [3.05, 3.63) is 41.3 Å². The summed E-state index contributed by atoms with van der Waals surface area (Å²) < 4.78 is 11.3. The van der Waals surface area contributed by atoms with E-state index in [1.807, 2.05) is 13.8 Å². The van der Waals surface area contributed by atoms with Gasteiger partial charge in [0.2, 0.25) is 11.8 Å². The van der Waals surface area contributed by atoms with Crippen LogP contribution in [-0.2, 0) is 22.5 Å². The van der Waals surface area contributed by atoms with E-state index in [1.165, 1.54) is 5.56 Å². The van der Waals surface area contributed by atoms with Gasteiger partial charge in [0.05, 0.1) is 11.6 Å². The normalized spacial score (nSPS) is 17.2.